The third-order valence-corrected chi connectivity index (χ3v) is 5.96. The van der Waals surface area contributed by atoms with Gasteiger partial charge in [0.2, 0.25) is 0 Å². The van der Waals surface area contributed by atoms with E-state index in [2.05, 4.69) is 22.7 Å². The molecule has 0 bridgehead atoms. The Morgan fingerprint density at radius 2 is 1.29 bits per heavy atom. The van der Waals surface area contributed by atoms with E-state index in [0.29, 0.717) is 17.7 Å². The Bertz CT molecular complexity index is 1620. The molecule has 0 aliphatic carbocycles. The van der Waals surface area contributed by atoms with Gasteiger partial charge in [-0.25, -0.2) is 26.3 Å². The van der Waals surface area contributed by atoms with Gasteiger partial charge in [-0.15, -0.1) is 0 Å². The maximum absolute atomic E-state index is 14.9. The van der Waals surface area contributed by atoms with Crippen molar-refractivity contribution in [3.63, 3.8) is 0 Å². The molecule has 1 nitrogen and oxygen atoms in total. The highest BCUT2D eigenvalue weighted by Crippen LogP contribution is 2.38. The maximum Gasteiger partial charge on any atom is 0.432 e. The Morgan fingerprint density at radius 1 is 0.707 bits per heavy atom. The normalized spacial score (nSPS) is 11.4. The van der Waals surface area contributed by atoms with Gasteiger partial charge in [0.25, 0.3) is 0 Å². The van der Waals surface area contributed by atoms with Crippen molar-refractivity contribution < 1.29 is 39.9 Å². The summed E-state index contributed by atoms with van der Waals surface area (Å²) in [6.45, 7) is 1.95. The van der Waals surface area contributed by atoms with E-state index in [1.165, 1.54) is 12.1 Å². The third kappa shape index (κ3) is 6.95. The fourth-order valence-electron chi connectivity index (χ4n) is 3.94. The summed E-state index contributed by atoms with van der Waals surface area (Å²) in [7, 11) is 0. The van der Waals surface area contributed by atoms with Crippen LogP contribution in [0.15, 0.2) is 78.9 Å². The summed E-state index contributed by atoms with van der Waals surface area (Å²) >= 11 is 0. The molecule has 0 radical (unpaired) electrons. The molecular weight excluding hydrogens is 552 g/mol. The van der Waals surface area contributed by atoms with Crippen LogP contribution >= 0.6 is 0 Å². The first kappa shape index (κ1) is 29.4. The van der Waals surface area contributed by atoms with Crippen molar-refractivity contribution in [3.8, 4) is 28.7 Å². The van der Waals surface area contributed by atoms with Crippen LogP contribution in [0.5, 0.6) is 5.75 Å². The Kier molecular flexibility index (Phi) is 8.82. The number of benzene rings is 4. The highest BCUT2D eigenvalue weighted by atomic mass is 19.3. The summed E-state index contributed by atoms with van der Waals surface area (Å²) in [5.74, 6) is -5.68. The molecule has 4 aromatic rings. The molecule has 4 rings (SSSR count). The molecule has 0 heterocycles. The Morgan fingerprint density at radius 3 is 1.88 bits per heavy atom. The van der Waals surface area contributed by atoms with Gasteiger partial charge in [-0.1, -0.05) is 42.2 Å². The van der Waals surface area contributed by atoms with Crippen molar-refractivity contribution in [2.75, 3.05) is 0 Å². The smallest absolute Gasteiger partial charge is 0.429 e. The lowest BCUT2D eigenvalue weighted by Crippen LogP contribution is -2.25. The van der Waals surface area contributed by atoms with Crippen molar-refractivity contribution in [2.24, 2.45) is 0 Å². The van der Waals surface area contributed by atoms with Crippen molar-refractivity contribution in [2.45, 2.75) is 25.9 Å². The number of alkyl halides is 2. The summed E-state index contributed by atoms with van der Waals surface area (Å²) in [5, 5.41) is 0. The van der Waals surface area contributed by atoms with Gasteiger partial charge in [0, 0.05) is 28.8 Å². The minimum absolute atomic E-state index is 0.0951. The lowest BCUT2D eigenvalue weighted by Gasteiger charge is -2.20. The predicted octanol–water partition coefficient (Wildman–Crippen LogP) is 9.22. The van der Waals surface area contributed by atoms with E-state index in [1.54, 1.807) is 0 Å². The van der Waals surface area contributed by atoms with Gasteiger partial charge in [-0.05, 0) is 67.3 Å². The van der Waals surface area contributed by atoms with Gasteiger partial charge in [-0.3, -0.25) is 0 Å². The second kappa shape index (κ2) is 12.3. The van der Waals surface area contributed by atoms with Gasteiger partial charge >= 0.3 is 6.11 Å². The van der Waals surface area contributed by atoms with E-state index in [0.717, 1.165) is 24.5 Å². The SMILES string of the molecule is C/C=C/CCc1ccc(C#Cc2ccc(-c3cc(F)c(C(F)(F)Oc4cc(F)c(F)c(F)c4)c(F)c3)c(F)c2)cc1. The number of hydrogen-bond donors (Lipinski definition) is 0. The largest absolute Gasteiger partial charge is 0.432 e. The van der Waals surface area contributed by atoms with Crippen LogP contribution in [0.1, 0.15) is 35.6 Å². The molecule has 0 spiro atoms. The highest BCUT2D eigenvalue weighted by molar-refractivity contribution is 5.66. The van der Waals surface area contributed by atoms with Gasteiger partial charge < -0.3 is 4.74 Å². The summed E-state index contributed by atoms with van der Waals surface area (Å²) < 4.78 is 117. The molecule has 0 aliphatic heterocycles. The highest BCUT2D eigenvalue weighted by Gasteiger charge is 2.41. The van der Waals surface area contributed by atoms with Crippen LogP contribution in [0.25, 0.3) is 11.1 Å². The standard InChI is InChI=1S/C32H20F8O/c1-2-3-4-5-19-6-8-20(9-7-19)10-11-21-12-13-24(25(33)14-21)22-15-26(34)30(27(35)16-22)32(39,40)41-23-17-28(36)31(38)29(37)18-23/h2-3,6-9,12-18H,4-5H2,1H3/b3-2+. The van der Waals surface area contributed by atoms with Crippen LogP contribution in [0.3, 0.4) is 0 Å². The van der Waals surface area contributed by atoms with Gasteiger partial charge in [0.15, 0.2) is 17.5 Å². The summed E-state index contributed by atoms with van der Waals surface area (Å²) in [6.07, 6.45) is 1.08. The number of halogens is 8. The molecule has 0 aliphatic rings. The van der Waals surface area contributed by atoms with Crippen LogP contribution in [0, 0.1) is 46.7 Å². The van der Waals surface area contributed by atoms with Crippen LogP contribution in [-0.4, -0.2) is 0 Å². The van der Waals surface area contributed by atoms with Crippen LogP contribution in [0.2, 0.25) is 0 Å². The van der Waals surface area contributed by atoms with E-state index < -0.39 is 57.9 Å². The van der Waals surface area contributed by atoms with Crippen molar-refractivity contribution in [3.05, 3.63) is 136 Å². The average molecular weight is 572 g/mol. The van der Waals surface area contributed by atoms with Crippen LogP contribution in [0.4, 0.5) is 35.1 Å². The Hall–Kier alpha value is -4.58. The zero-order valence-corrected chi connectivity index (χ0v) is 21.4. The average Bonchev–Trinajstić information content (AvgIpc) is 2.90. The van der Waals surface area contributed by atoms with E-state index in [4.69, 9.17) is 0 Å². The van der Waals surface area contributed by atoms with Crippen molar-refractivity contribution in [1.29, 1.82) is 0 Å². The van der Waals surface area contributed by atoms with Crippen LogP contribution in [-0.2, 0) is 12.5 Å². The van der Waals surface area contributed by atoms with E-state index >= 15 is 0 Å². The molecule has 9 heteroatoms. The molecule has 210 valence electrons. The van der Waals surface area contributed by atoms with Gasteiger partial charge in [0.05, 0.1) is 0 Å². The molecule has 0 fully saturated rings. The van der Waals surface area contributed by atoms with Crippen molar-refractivity contribution in [1.82, 2.24) is 0 Å². The summed E-state index contributed by atoms with van der Waals surface area (Å²) in [5.41, 5.74) is -0.488. The molecule has 0 atom stereocenters. The fourth-order valence-corrected chi connectivity index (χ4v) is 3.94. The first-order valence-corrected chi connectivity index (χ1v) is 12.2. The first-order chi connectivity index (χ1) is 19.5. The first-order valence-electron chi connectivity index (χ1n) is 12.2. The van der Waals surface area contributed by atoms with E-state index in [9.17, 15) is 35.1 Å². The van der Waals surface area contributed by atoms with E-state index in [1.807, 2.05) is 37.3 Å². The molecule has 0 saturated heterocycles. The minimum atomic E-state index is -4.76. The molecule has 0 saturated carbocycles. The lowest BCUT2D eigenvalue weighted by molar-refractivity contribution is -0.189. The molecular formula is C32H20F8O. The quantitative estimate of drug-likeness (QED) is 0.0929. The second-order valence-electron chi connectivity index (χ2n) is 8.88. The summed E-state index contributed by atoms with van der Waals surface area (Å²) in [4.78, 5) is 0. The maximum atomic E-state index is 14.9. The lowest BCUT2D eigenvalue weighted by atomic mass is 10.0. The number of allylic oxidation sites excluding steroid dienone is 2. The molecule has 0 amide bonds. The zero-order valence-electron chi connectivity index (χ0n) is 21.4. The molecule has 0 aromatic heterocycles. The van der Waals surface area contributed by atoms with Gasteiger partial charge in [-0.2, -0.15) is 8.78 Å². The zero-order chi connectivity index (χ0) is 29.7. The second-order valence-corrected chi connectivity index (χ2v) is 8.88. The summed E-state index contributed by atoms with van der Waals surface area (Å²) in [6, 6.07) is 12.3. The predicted molar refractivity (Wildman–Crippen MR) is 138 cm³/mol. The minimum Gasteiger partial charge on any atom is -0.429 e. The van der Waals surface area contributed by atoms with Gasteiger partial charge in [0.1, 0.15) is 28.8 Å². The Labute approximate surface area is 230 Å². The molecule has 41 heavy (non-hydrogen) atoms. The van der Waals surface area contributed by atoms with Crippen LogP contribution < -0.4 is 4.74 Å². The number of aryl methyl sites for hydroxylation is 1. The Balaban J connectivity index is 1.55. The molecule has 0 unspecified atom stereocenters. The fraction of sp³-hybridized carbons (Fsp3) is 0.125. The topological polar surface area (TPSA) is 9.23 Å². The number of rotatable bonds is 7. The molecule has 4 aromatic carbocycles. The number of hydrogen-bond acceptors (Lipinski definition) is 1. The third-order valence-electron chi connectivity index (χ3n) is 5.96. The molecule has 0 N–H and O–H groups in total. The number of ether oxygens (including phenoxy) is 1. The van der Waals surface area contributed by atoms with E-state index in [-0.39, 0.29) is 23.3 Å². The monoisotopic (exact) mass is 572 g/mol. The van der Waals surface area contributed by atoms with Crippen molar-refractivity contribution >= 4 is 0 Å².